The molecule has 2 amide bonds. The van der Waals surface area contributed by atoms with E-state index in [4.69, 9.17) is 19.2 Å². The van der Waals surface area contributed by atoms with Crippen LogP contribution in [0.1, 0.15) is 65.7 Å². The smallest absolute Gasteiger partial charge is 0.414 e. The third-order valence-electron chi connectivity index (χ3n) is 6.37. The lowest BCUT2D eigenvalue weighted by atomic mass is 9.87. The van der Waals surface area contributed by atoms with Gasteiger partial charge in [-0.1, -0.05) is 20.8 Å². The van der Waals surface area contributed by atoms with E-state index in [0.29, 0.717) is 58.1 Å². The maximum atomic E-state index is 13.4. The number of morpholine rings is 1. The second-order valence-corrected chi connectivity index (χ2v) is 10.6. The van der Waals surface area contributed by atoms with Crippen LogP contribution in [0.2, 0.25) is 0 Å². The number of carbonyl (C=O) groups excluding carboxylic acids is 2. The van der Waals surface area contributed by atoms with Crippen molar-refractivity contribution in [2.24, 2.45) is 10.4 Å². The SMILES string of the molecule is CC(C)(C)CC(N=C(NC(=O)OCC1CCCO1)N1CCOCC1)C(=O)NC1(C#N)CCCC1. The Hall–Kier alpha value is -2.38. The van der Waals surface area contributed by atoms with E-state index in [1.165, 1.54) is 0 Å². The van der Waals surface area contributed by atoms with Gasteiger partial charge in [0, 0.05) is 19.7 Å². The first kappa shape index (κ1) is 26.2. The van der Waals surface area contributed by atoms with Gasteiger partial charge < -0.3 is 24.4 Å². The Labute approximate surface area is 202 Å². The highest BCUT2D eigenvalue weighted by atomic mass is 16.6. The van der Waals surface area contributed by atoms with Gasteiger partial charge in [0.15, 0.2) is 0 Å². The number of aliphatic imine (C=N–C) groups is 1. The number of nitriles is 1. The fraction of sp³-hybridized carbons (Fsp3) is 0.833. The molecule has 2 atom stereocenters. The Morgan fingerprint density at radius 3 is 2.50 bits per heavy atom. The average Bonchev–Trinajstić information content (AvgIpc) is 3.49. The molecule has 190 valence electrons. The first-order valence-electron chi connectivity index (χ1n) is 12.4. The molecule has 0 radical (unpaired) electrons. The minimum Gasteiger partial charge on any atom is -0.446 e. The van der Waals surface area contributed by atoms with Gasteiger partial charge in [-0.05, 0) is 50.4 Å². The number of guanidine groups is 1. The summed E-state index contributed by atoms with van der Waals surface area (Å²) in [5.41, 5.74) is -1.03. The minimum absolute atomic E-state index is 0.0810. The minimum atomic E-state index is -0.838. The van der Waals surface area contributed by atoms with Crippen molar-refractivity contribution in [2.45, 2.75) is 83.4 Å². The second kappa shape index (κ2) is 11.8. The Morgan fingerprint density at radius 1 is 1.21 bits per heavy atom. The molecular weight excluding hydrogens is 438 g/mol. The van der Waals surface area contributed by atoms with Gasteiger partial charge in [0.05, 0.1) is 25.4 Å². The van der Waals surface area contributed by atoms with Crippen molar-refractivity contribution in [3.8, 4) is 6.07 Å². The molecule has 1 aliphatic carbocycles. The number of ether oxygens (including phenoxy) is 3. The van der Waals surface area contributed by atoms with Crippen molar-refractivity contribution in [2.75, 3.05) is 39.5 Å². The van der Waals surface area contributed by atoms with Crippen molar-refractivity contribution in [1.29, 1.82) is 5.26 Å². The summed E-state index contributed by atoms with van der Waals surface area (Å²) in [6.07, 6.45) is 4.70. The van der Waals surface area contributed by atoms with Crippen LogP contribution < -0.4 is 10.6 Å². The van der Waals surface area contributed by atoms with Crippen LogP contribution in [-0.4, -0.2) is 80.1 Å². The summed E-state index contributed by atoms with van der Waals surface area (Å²) in [5.74, 6) is 0.00104. The lowest BCUT2D eigenvalue weighted by molar-refractivity contribution is -0.124. The van der Waals surface area contributed by atoms with Crippen molar-refractivity contribution < 1.29 is 23.8 Å². The number of alkyl carbamates (subject to hydrolysis) is 1. The van der Waals surface area contributed by atoms with Gasteiger partial charge in [-0.3, -0.25) is 10.1 Å². The van der Waals surface area contributed by atoms with Crippen LogP contribution in [0, 0.1) is 16.7 Å². The number of hydrogen-bond acceptors (Lipinski definition) is 7. The molecule has 2 unspecified atom stereocenters. The van der Waals surface area contributed by atoms with Crippen LogP contribution in [0.25, 0.3) is 0 Å². The van der Waals surface area contributed by atoms with Crippen LogP contribution in [-0.2, 0) is 19.0 Å². The molecule has 0 aromatic heterocycles. The molecule has 2 aliphatic heterocycles. The van der Waals surface area contributed by atoms with Gasteiger partial charge in [0.25, 0.3) is 0 Å². The molecule has 2 heterocycles. The van der Waals surface area contributed by atoms with E-state index in [1.54, 1.807) is 0 Å². The van der Waals surface area contributed by atoms with E-state index in [9.17, 15) is 14.9 Å². The first-order valence-corrected chi connectivity index (χ1v) is 12.4. The summed E-state index contributed by atoms with van der Waals surface area (Å²) in [7, 11) is 0. The van der Waals surface area contributed by atoms with Crippen molar-refractivity contribution in [1.82, 2.24) is 15.5 Å². The highest BCUT2D eigenvalue weighted by molar-refractivity contribution is 5.96. The zero-order valence-electron chi connectivity index (χ0n) is 20.7. The zero-order valence-corrected chi connectivity index (χ0v) is 20.7. The van der Waals surface area contributed by atoms with E-state index in [1.807, 2.05) is 25.7 Å². The predicted octanol–water partition coefficient (Wildman–Crippen LogP) is 2.34. The zero-order chi connectivity index (χ0) is 24.6. The van der Waals surface area contributed by atoms with E-state index in [0.717, 1.165) is 25.7 Å². The Bertz CT molecular complexity index is 770. The third kappa shape index (κ3) is 7.84. The molecule has 10 nitrogen and oxygen atoms in total. The second-order valence-electron chi connectivity index (χ2n) is 10.6. The molecule has 3 rings (SSSR count). The van der Waals surface area contributed by atoms with Gasteiger partial charge in [-0.2, -0.15) is 5.26 Å². The van der Waals surface area contributed by atoms with E-state index < -0.39 is 17.7 Å². The van der Waals surface area contributed by atoms with Crippen LogP contribution in [0.15, 0.2) is 4.99 Å². The lowest BCUT2D eigenvalue weighted by Gasteiger charge is -2.32. The number of amides is 2. The number of rotatable bonds is 6. The number of carbonyl (C=O) groups is 2. The van der Waals surface area contributed by atoms with E-state index in [-0.39, 0.29) is 24.0 Å². The molecule has 0 aromatic rings. The molecule has 2 saturated heterocycles. The fourth-order valence-electron chi connectivity index (χ4n) is 4.53. The van der Waals surface area contributed by atoms with Crippen LogP contribution >= 0.6 is 0 Å². The van der Waals surface area contributed by atoms with Gasteiger partial charge in [0.1, 0.15) is 18.2 Å². The van der Waals surface area contributed by atoms with Crippen LogP contribution in [0.4, 0.5) is 4.79 Å². The third-order valence-corrected chi connectivity index (χ3v) is 6.37. The maximum Gasteiger partial charge on any atom is 0.414 e. The summed E-state index contributed by atoms with van der Waals surface area (Å²) in [4.78, 5) is 32.6. The molecular formula is C24H39N5O5. The molecule has 3 fully saturated rings. The van der Waals surface area contributed by atoms with Crippen molar-refractivity contribution >= 4 is 18.0 Å². The molecule has 0 spiro atoms. The van der Waals surface area contributed by atoms with Gasteiger partial charge in [0.2, 0.25) is 11.9 Å². The molecule has 3 aliphatic rings. The molecule has 2 N–H and O–H groups in total. The summed E-state index contributed by atoms with van der Waals surface area (Å²) in [6.45, 7) is 9.05. The van der Waals surface area contributed by atoms with Crippen LogP contribution in [0.3, 0.4) is 0 Å². The van der Waals surface area contributed by atoms with Gasteiger partial charge in [-0.15, -0.1) is 0 Å². The Balaban J connectivity index is 1.77. The molecule has 0 bridgehead atoms. The van der Waals surface area contributed by atoms with E-state index in [2.05, 4.69) is 16.7 Å². The molecule has 10 heteroatoms. The van der Waals surface area contributed by atoms with E-state index >= 15 is 0 Å². The summed E-state index contributed by atoms with van der Waals surface area (Å²) >= 11 is 0. The maximum absolute atomic E-state index is 13.4. The largest absolute Gasteiger partial charge is 0.446 e. The highest BCUT2D eigenvalue weighted by Gasteiger charge is 2.38. The molecule has 1 saturated carbocycles. The normalized spacial score (nSPS) is 23.8. The quantitative estimate of drug-likeness (QED) is 0.444. The number of nitrogens with zero attached hydrogens (tertiary/aromatic N) is 3. The average molecular weight is 478 g/mol. The first-order chi connectivity index (χ1) is 16.2. The summed E-state index contributed by atoms with van der Waals surface area (Å²) < 4.78 is 16.3. The highest BCUT2D eigenvalue weighted by Crippen LogP contribution is 2.30. The fourth-order valence-corrected chi connectivity index (χ4v) is 4.53. The van der Waals surface area contributed by atoms with Crippen molar-refractivity contribution in [3.63, 3.8) is 0 Å². The van der Waals surface area contributed by atoms with Gasteiger partial charge in [-0.25, -0.2) is 9.79 Å². The molecule has 34 heavy (non-hydrogen) atoms. The topological polar surface area (TPSA) is 125 Å². The number of hydrogen-bond donors (Lipinski definition) is 2. The van der Waals surface area contributed by atoms with Gasteiger partial charge >= 0.3 is 6.09 Å². The monoisotopic (exact) mass is 477 g/mol. The predicted molar refractivity (Wildman–Crippen MR) is 126 cm³/mol. The Kier molecular flexibility index (Phi) is 9.14. The Morgan fingerprint density at radius 2 is 1.91 bits per heavy atom. The lowest BCUT2D eigenvalue weighted by Crippen LogP contribution is -2.52. The molecule has 0 aromatic carbocycles. The number of nitrogens with one attached hydrogen (secondary N) is 2. The summed E-state index contributed by atoms with van der Waals surface area (Å²) in [6, 6.07) is 1.55. The summed E-state index contributed by atoms with van der Waals surface area (Å²) in [5, 5.41) is 15.5. The van der Waals surface area contributed by atoms with Crippen LogP contribution in [0.5, 0.6) is 0 Å². The standard InChI is InChI=1S/C24H39N5O5/c1-23(2,3)15-19(20(30)28-24(17-25)8-4-5-9-24)26-21(29-10-13-32-14-11-29)27-22(31)34-16-18-7-6-12-33-18/h18-19H,4-16H2,1-3H3,(H,28,30)(H,26,27,31). The van der Waals surface area contributed by atoms with Crippen molar-refractivity contribution in [3.05, 3.63) is 0 Å².